The second kappa shape index (κ2) is 8.22. The molecule has 0 aliphatic carbocycles. The molecule has 0 unspecified atom stereocenters. The van der Waals surface area contributed by atoms with Crippen LogP contribution in [0.15, 0.2) is 36.4 Å². The molecule has 1 aromatic heterocycles. The summed E-state index contributed by atoms with van der Waals surface area (Å²) in [5.74, 6) is 1.48. The quantitative estimate of drug-likeness (QED) is 0.451. The fourth-order valence-electron chi connectivity index (χ4n) is 3.48. The maximum atomic E-state index is 11.0. The first-order valence-electron chi connectivity index (χ1n) is 9.30. The fraction of sp³-hybridized carbons (Fsp3) is 0.350. The van der Waals surface area contributed by atoms with Gasteiger partial charge in [0.15, 0.2) is 16.6 Å². The Hall–Kier alpha value is -2.91. The molecule has 0 spiro atoms. The van der Waals surface area contributed by atoms with Crippen LogP contribution in [0.25, 0.3) is 10.2 Å². The molecule has 1 fully saturated rings. The molecule has 0 bridgehead atoms. The zero-order valence-corrected chi connectivity index (χ0v) is 17.1. The molecule has 0 saturated carbocycles. The Bertz CT molecular complexity index is 1030. The van der Waals surface area contributed by atoms with Gasteiger partial charge in [0, 0.05) is 44.9 Å². The van der Waals surface area contributed by atoms with E-state index >= 15 is 0 Å². The molecule has 2 heterocycles. The van der Waals surface area contributed by atoms with Crippen LogP contribution in [0.4, 0.5) is 10.8 Å². The van der Waals surface area contributed by atoms with Crippen molar-refractivity contribution in [1.82, 2.24) is 9.88 Å². The van der Waals surface area contributed by atoms with Gasteiger partial charge in [-0.3, -0.25) is 15.0 Å². The predicted molar refractivity (Wildman–Crippen MR) is 113 cm³/mol. The van der Waals surface area contributed by atoms with E-state index < -0.39 is 0 Å². The van der Waals surface area contributed by atoms with Crippen LogP contribution in [-0.4, -0.2) is 55.2 Å². The summed E-state index contributed by atoms with van der Waals surface area (Å²) in [6.07, 6.45) is 0. The van der Waals surface area contributed by atoms with E-state index in [-0.39, 0.29) is 10.6 Å². The summed E-state index contributed by atoms with van der Waals surface area (Å²) in [5.41, 5.74) is 2.10. The van der Waals surface area contributed by atoms with Crippen molar-refractivity contribution in [2.45, 2.75) is 6.54 Å². The first kappa shape index (κ1) is 19.4. The summed E-state index contributed by atoms with van der Waals surface area (Å²) in [4.78, 5) is 19.9. The largest absolute Gasteiger partial charge is 0.493 e. The van der Waals surface area contributed by atoms with E-state index in [0.717, 1.165) is 59.6 Å². The summed E-state index contributed by atoms with van der Waals surface area (Å²) < 4.78 is 11.5. The van der Waals surface area contributed by atoms with Gasteiger partial charge < -0.3 is 14.4 Å². The van der Waals surface area contributed by atoms with Gasteiger partial charge in [-0.05, 0) is 23.8 Å². The second-order valence-corrected chi connectivity index (χ2v) is 7.87. The van der Waals surface area contributed by atoms with Gasteiger partial charge in [0.1, 0.15) is 0 Å². The first-order valence-corrected chi connectivity index (χ1v) is 10.1. The normalized spacial score (nSPS) is 14.9. The van der Waals surface area contributed by atoms with Gasteiger partial charge in [-0.2, -0.15) is 0 Å². The Labute approximate surface area is 172 Å². The van der Waals surface area contributed by atoms with E-state index in [1.54, 1.807) is 26.4 Å². The zero-order valence-electron chi connectivity index (χ0n) is 16.3. The molecule has 8 nitrogen and oxygen atoms in total. The Morgan fingerprint density at radius 1 is 1.07 bits per heavy atom. The van der Waals surface area contributed by atoms with E-state index in [9.17, 15) is 10.1 Å². The van der Waals surface area contributed by atoms with E-state index in [4.69, 9.17) is 9.47 Å². The van der Waals surface area contributed by atoms with Crippen LogP contribution in [-0.2, 0) is 6.54 Å². The summed E-state index contributed by atoms with van der Waals surface area (Å²) in [5, 5.41) is 11.9. The molecule has 0 amide bonds. The number of hydrogen-bond donors (Lipinski definition) is 0. The number of benzene rings is 2. The van der Waals surface area contributed by atoms with Crippen LogP contribution in [0.5, 0.6) is 11.5 Å². The average molecular weight is 414 g/mol. The van der Waals surface area contributed by atoms with E-state index in [1.165, 1.54) is 23.0 Å². The van der Waals surface area contributed by atoms with Crippen molar-refractivity contribution in [3.63, 3.8) is 0 Å². The number of methoxy groups -OCH3 is 2. The van der Waals surface area contributed by atoms with Crippen LogP contribution >= 0.6 is 11.3 Å². The molecule has 1 aliphatic heterocycles. The molecule has 1 aliphatic rings. The third-order valence-electron chi connectivity index (χ3n) is 5.07. The molecular weight excluding hydrogens is 392 g/mol. The van der Waals surface area contributed by atoms with Gasteiger partial charge >= 0.3 is 0 Å². The number of nitrogens with zero attached hydrogens (tertiary/aromatic N) is 4. The van der Waals surface area contributed by atoms with Crippen molar-refractivity contribution in [3.05, 3.63) is 52.1 Å². The number of nitro benzene ring substituents is 1. The number of thiazole rings is 1. The van der Waals surface area contributed by atoms with Crippen molar-refractivity contribution < 1.29 is 14.4 Å². The van der Waals surface area contributed by atoms with Gasteiger partial charge in [0.25, 0.3) is 5.69 Å². The molecule has 9 heteroatoms. The SMILES string of the molecule is COc1ccc(CN2CCN(c3nc4ccc([N+](=O)[O-])cc4s3)CC2)cc1OC. The number of aromatic nitrogens is 1. The molecular formula is C20H22N4O4S. The molecule has 2 aromatic carbocycles. The summed E-state index contributed by atoms with van der Waals surface area (Å²) in [6, 6.07) is 10.8. The predicted octanol–water partition coefficient (Wildman–Crippen LogP) is 3.54. The minimum Gasteiger partial charge on any atom is -0.493 e. The lowest BCUT2D eigenvalue weighted by Crippen LogP contribution is -2.45. The van der Waals surface area contributed by atoms with Crippen molar-refractivity contribution in [3.8, 4) is 11.5 Å². The lowest BCUT2D eigenvalue weighted by molar-refractivity contribution is -0.384. The van der Waals surface area contributed by atoms with Crippen molar-refractivity contribution >= 4 is 32.4 Å². The smallest absolute Gasteiger partial charge is 0.270 e. The molecule has 1 saturated heterocycles. The number of rotatable bonds is 6. The van der Waals surface area contributed by atoms with E-state index in [0.29, 0.717) is 0 Å². The lowest BCUT2D eigenvalue weighted by atomic mass is 10.1. The monoisotopic (exact) mass is 414 g/mol. The minimum atomic E-state index is -0.369. The fourth-order valence-corrected chi connectivity index (χ4v) is 4.53. The molecule has 29 heavy (non-hydrogen) atoms. The van der Waals surface area contributed by atoms with Gasteiger partial charge in [-0.15, -0.1) is 0 Å². The highest BCUT2D eigenvalue weighted by Crippen LogP contribution is 2.32. The van der Waals surface area contributed by atoms with Crippen LogP contribution in [0.3, 0.4) is 0 Å². The number of anilines is 1. The summed E-state index contributed by atoms with van der Waals surface area (Å²) in [7, 11) is 3.28. The highest BCUT2D eigenvalue weighted by atomic mass is 32.1. The Morgan fingerprint density at radius 3 is 2.52 bits per heavy atom. The van der Waals surface area contributed by atoms with E-state index in [1.807, 2.05) is 12.1 Å². The van der Waals surface area contributed by atoms with Crippen molar-refractivity contribution in [2.24, 2.45) is 0 Å². The zero-order chi connectivity index (χ0) is 20.4. The first-order chi connectivity index (χ1) is 14.1. The van der Waals surface area contributed by atoms with Crippen LogP contribution in [0, 0.1) is 10.1 Å². The maximum Gasteiger partial charge on any atom is 0.270 e. The topological polar surface area (TPSA) is 81.0 Å². The van der Waals surface area contributed by atoms with Crippen molar-refractivity contribution in [2.75, 3.05) is 45.3 Å². The third kappa shape index (κ3) is 4.10. The number of ether oxygens (including phenoxy) is 2. The number of piperazine rings is 1. The Balaban J connectivity index is 1.40. The average Bonchev–Trinajstić information content (AvgIpc) is 3.17. The summed E-state index contributed by atoms with van der Waals surface area (Å²) in [6.45, 7) is 4.43. The van der Waals surface area contributed by atoms with E-state index in [2.05, 4.69) is 20.9 Å². The van der Waals surface area contributed by atoms with Gasteiger partial charge in [-0.1, -0.05) is 17.4 Å². The molecule has 152 valence electrons. The summed E-state index contributed by atoms with van der Waals surface area (Å²) >= 11 is 1.51. The van der Waals surface area contributed by atoms with Crippen LogP contribution in [0.2, 0.25) is 0 Å². The third-order valence-corrected chi connectivity index (χ3v) is 6.15. The van der Waals surface area contributed by atoms with Gasteiger partial charge in [0.05, 0.1) is 29.4 Å². The number of nitro groups is 1. The highest BCUT2D eigenvalue weighted by molar-refractivity contribution is 7.22. The molecule has 0 N–H and O–H groups in total. The maximum absolute atomic E-state index is 11.0. The standard InChI is InChI=1S/C20H22N4O4S/c1-27-17-6-3-14(11-18(17)28-2)13-22-7-9-23(10-8-22)20-21-16-5-4-15(24(25)26)12-19(16)29-20/h3-6,11-12H,7-10,13H2,1-2H3. The Morgan fingerprint density at radius 2 is 1.83 bits per heavy atom. The minimum absolute atomic E-state index is 0.104. The second-order valence-electron chi connectivity index (χ2n) is 6.86. The molecule has 0 atom stereocenters. The molecule has 4 rings (SSSR count). The van der Waals surface area contributed by atoms with Gasteiger partial charge in [0.2, 0.25) is 0 Å². The molecule has 3 aromatic rings. The van der Waals surface area contributed by atoms with Crippen LogP contribution in [0.1, 0.15) is 5.56 Å². The Kier molecular flexibility index (Phi) is 5.50. The number of fused-ring (bicyclic) bond motifs is 1. The number of hydrogen-bond acceptors (Lipinski definition) is 8. The van der Waals surface area contributed by atoms with Crippen molar-refractivity contribution in [1.29, 1.82) is 0 Å². The lowest BCUT2D eigenvalue weighted by Gasteiger charge is -2.34. The molecule has 0 radical (unpaired) electrons. The van der Waals surface area contributed by atoms with Crippen LogP contribution < -0.4 is 14.4 Å². The highest BCUT2D eigenvalue weighted by Gasteiger charge is 2.21. The van der Waals surface area contributed by atoms with Gasteiger partial charge in [-0.25, -0.2) is 4.98 Å². The number of non-ortho nitro benzene ring substituents is 1.